The zero-order valence-electron chi connectivity index (χ0n) is 12.6. The van der Waals surface area contributed by atoms with Crippen LogP contribution in [-0.2, 0) is 0 Å². The van der Waals surface area contributed by atoms with Crippen LogP contribution in [0.15, 0.2) is 35.8 Å². The monoisotopic (exact) mass is 317 g/mol. The number of amides is 1. The lowest BCUT2D eigenvalue weighted by Gasteiger charge is -2.19. The summed E-state index contributed by atoms with van der Waals surface area (Å²) in [6, 6.07) is 6.15. The van der Waals surface area contributed by atoms with Gasteiger partial charge in [0.25, 0.3) is 5.91 Å². The molecule has 4 nitrogen and oxygen atoms in total. The van der Waals surface area contributed by atoms with Gasteiger partial charge in [0.05, 0.1) is 5.69 Å². The van der Waals surface area contributed by atoms with Gasteiger partial charge in [0.1, 0.15) is 11.5 Å². The summed E-state index contributed by atoms with van der Waals surface area (Å²) >= 11 is 1.40. The summed E-state index contributed by atoms with van der Waals surface area (Å²) in [4.78, 5) is 17.5. The minimum Gasteiger partial charge on any atom is -0.346 e. The van der Waals surface area contributed by atoms with E-state index in [1.54, 1.807) is 28.1 Å². The molecule has 1 N–H and O–H groups in total. The number of nitrogens with zero attached hydrogens (tertiary/aromatic N) is 2. The smallest absolute Gasteiger partial charge is 0.269 e. The van der Waals surface area contributed by atoms with Gasteiger partial charge >= 0.3 is 0 Å². The van der Waals surface area contributed by atoms with Crippen LogP contribution in [0.25, 0.3) is 16.2 Å². The van der Waals surface area contributed by atoms with Crippen molar-refractivity contribution < 1.29 is 9.18 Å². The second-order valence-corrected chi connectivity index (χ2v) is 6.95. The van der Waals surface area contributed by atoms with Crippen molar-refractivity contribution >= 4 is 22.2 Å². The maximum absolute atomic E-state index is 13.0. The van der Waals surface area contributed by atoms with E-state index in [0.29, 0.717) is 5.69 Å². The van der Waals surface area contributed by atoms with Gasteiger partial charge < -0.3 is 5.32 Å². The number of imidazole rings is 1. The van der Waals surface area contributed by atoms with Crippen LogP contribution < -0.4 is 5.32 Å². The maximum Gasteiger partial charge on any atom is 0.269 e. The van der Waals surface area contributed by atoms with Gasteiger partial charge in [-0.05, 0) is 45.0 Å². The predicted octanol–water partition coefficient (Wildman–Crippen LogP) is 3.73. The molecule has 2 heterocycles. The summed E-state index contributed by atoms with van der Waals surface area (Å²) in [5, 5.41) is 4.73. The van der Waals surface area contributed by atoms with Crippen molar-refractivity contribution in [2.45, 2.75) is 26.3 Å². The predicted molar refractivity (Wildman–Crippen MR) is 85.7 cm³/mol. The zero-order valence-corrected chi connectivity index (χ0v) is 13.4. The van der Waals surface area contributed by atoms with E-state index in [1.807, 2.05) is 20.8 Å². The number of hydrogen-bond acceptors (Lipinski definition) is 3. The highest BCUT2D eigenvalue weighted by atomic mass is 32.1. The number of carbonyl (C=O) groups excluding carboxylic acids is 1. The standard InChI is InChI=1S/C16H16FN3OS/c1-16(2,3)19-14(21)13-9-22-15-18-12(8-20(13)15)10-4-6-11(17)7-5-10/h4-9H,1-3H3,(H,19,21). The van der Waals surface area contributed by atoms with Crippen LogP contribution >= 0.6 is 11.3 Å². The Morgan fingerprint density at radius 3 is 2.59 bits per heavy atom. The molecule has 6 heteroatoms. The number of halogens is 1. The maximum atomic E-state index is 13.0. The Kier molecular flexibility index (Phi) is 3.48. The number of nitrogens with one attached hydrogen (secondary N) is 1. The van der Waals surface area contributed by atoms with Gasteiger partial charge in [-0.2, -0.15) is 0 Å². The lowest BCUT2D eigenvalue weighted by atomic mass is 10.1. The van der Waals surface area contributed by atoms with E-state index in [-0.39, 0.29) is 17.3 Å². The minimum absolute atomic E-state index is 0.137. The highest BCUT2D eigenvalue weighted by molar-refractivity contribution is 7.15. The van der Waals surface area contributed by atoms with Crippen LogP contribution in [0.3, 0.4) is 0 Å². The van der Waals surface area contributed by atoms with Gasteiger partial charge in [-0.15, -0.1) is 11.3 Å². The molecule has 22 heavy (non-hydrogen) atoms. The van der Waals surface area contributed by atoms with Crippen molar-refractivity contribution in [1.29, 1.82) is 0 Å². The summed E-state index contributed by atoms with van der Waals surface area (Å²) in [5.74, 6) is -0.420. The number of fused-ring (bicyclic) bond motifs is 1. The van der Waals surface area contributed by atoms with Crippen molar-refractivity contribution in [1.82, 2.24) is 14.7 Å². The van der Waals surface area contributed by atoms with E-state index in [4.69, 9.17) is 0 Å². The molecule has 0 bridgehead atoms. The van der Waals surface area contributed by atoms with E-state index in [0.717, 1.165) is 16.2 Å². The highest BCUT2D eigenvalue weighted by Crippen LogP contribution is 2.24. The van der Waals surface area contributed by atoms with E-state index in [1.165, 1.54) is 23.5 Å². The number of aromatic nitrogens is 2. The lowest BCUT2D eigenvalue weighted by molar-refractivity contribution is 0.0914. The van der Waals surface area contributed by atoms with Crippen LogP contribution in [0, 0.1) is 5.82 Å². The van der Waals surface area contributed by atoms with Crippen LogP contribution in [-0.4, -0.2) is 20.8 Å². The molecule has 0 radical (unpaired) electrons. The first-order valence-electron chi connectivity index (χ1n) is 6.88. The Hall–Kier alpha value is -2.21. The Morgan fingerprint density at radius 1 is 1.27 bits per heavy atom. The summed E-state index contributed by atoms with van der Waals surface area (Å²) in [6.07, 6.45) is 1.80. The molecule has 1 amide bonds. The molecule has 0 aliphatic heterocycles. The largest absolute Gasteiger partial charge is 0.346 e. The van der Waals surface area contributed by atoms with Gasteiger partial charge in [-0.3, -0.25) is 9.20 Å². The highest BCUT2D eigenvalue weighted by Gasteiger charge is 2.19. The van der Waals surface area contributed by atoms with Gasteiger partial charge in [0, 0.05) is 22.7 Å². The van der Waals surface area contributed by atoms with Crippen molar-refractivity contribution in [2.75, 3.05) is 0 Å². The number of thiazole rings is 1. The topological polar surface area (TPSA) is 46.4 Å². The number of hydrogen-bond donors (Lipinski definition) is 1. The van der Waals surface area contributed by atoms with Gasteiger partial charge in [0.15, 0.2) is 4.96 Å². The first kappa shape index (κ1) is 14.7. The van der Waals surface area contributed by atoms with E-state index >= 15 is 0 Å². The van der Waals surface area contributed by atoms with E-state index < -0.39 is 0 Å². The normalized spacial score (nSPS) is 11.8. The molecule has 0 aliphatic rings. The van der Waals surface area contributed by atoms with Crippen molar-refractivity contribution in [2.24, 2.45) is 0 Å². The molecule has 0 atom stereocenters. The summed E-state index contributed by atoms with van der Waals surface area (Å²) in [5.41, 5.74) is 1.79. The third kappa shape index (κ3) is 2.87. The molecule has 2 aromatic heterocycles. The molecule has 0 fully saturated rings. The summed E-state index contributed by atoms with van der Waals surface area (Å²) in [6.45, 7) is 5.81. The van der Waals surface area contributed by atoms with Gasteiger partial charge in [-0.25, -0.2) is 9.37 Å². The summed E-state index contributed by atoms with van der Waals surface area (Å²) < 4.78 is 14.8. The molecular formula is C16H16FN3OS. The molecule has 0 unspecified atom stereocenters. The third-order valence-corrected chi connectivity index (χ3v) is 3.91. The average molecular weight is 317 g/mol. The molecule has 0 aliphatic carbocycles. The second kappa shape index (κ2) is 5.21. The number of benzene rings is 1. The Morgan fingerprint density at radius 2 is 1.95 bits per heavy atom. The average Bonchev–Trinajstić information content (AvgIpc) is 2.96. The number of rotatable bonds is 2. The molecule has 3 rings (SSSR count). The second-order valence-electron chi connectivity index (χ2n) is 6.11. The minimum atomic E-state index is -0.300. The molecular weight excluding hydrogens is 301 g/mol. The molecule has 3 aromatic rings. The Bertz CT molecular complexity index is 827. The fraction of sp³-hybridized carbons (Fsp3) is 0.250. The van der Waals surface area contributed by atoms with E-state index in [9.17, 15) is 9.18 Å². The molecule has 1 aromatic carbocycles. The van der Waals surface area contributed by atoms with Gasteiger partial charge in [-0.1, -0.05) is 0 Å². The van der Waals surface area contributed by atoms with Crippen LogP contribution in [0.1, 0.15) is 31.3 Å². The van der Waals surface area contributed by atoms with Crippen molar-refractivity contribution in [3.05, 3.63) is 47.4 Å². The number of carbonyl (C=O) groups is 1. The quantitative estimate of drug-likeness (QED) is 0.783. The zero-order chi connectivity index (χ0) is 15.9. The van der Waals surface area contributed by atoms with Crippen LogP contribution in [0.2, 0.25) is 0 Å². The lowest BCUT2D eigenvalue weighted by Crippen LogP contribution is -2.41. The van der Waals surface area contributed by atoms with Crippen LogP contribution in [0.4, 0.5) is 4.39 Å². The van der Waals surface area contributed by atoms with Gasteiger partial charge in [0.2, 0.25) is 0 Å². The van der Waals surface area contributed by atoms with E-state index in [2.05, 4.69) is 10.3 Å². The van der Waals surface area contributed by atoms with Crippen LogP contribution in [0.5, 0.6) is 0 Å². The fourth-order valence-electron chi connectivity index (χ4n) is 2.11. The van der Waals surface area contributed by atoms with Crippen molar-refractivity contribution in [3.63, 3.8) is 0 Å². The molecule has 0 saturated heterocycles. The fourth-order valence-corrected chi connectivity index (χ4v) is 2.96. The summed E-state index contributed by atoms with van der Waals surface area (Å²) in [7, 11) is 0. The molecule has 114 valence electrons. The molecule has 0 spiro atoms. The Labute approximate surface area is 131 Å². The SMILES string of the molecule is CC(C)(C)NC(=O)c1csc2nc(-c3ccc(F)cc3)cn12. The Balaban J connectivity index is 1.98. The van der Waals surface area contributed by atoms with Crippen molar-refractivity contribution in [3.8, 4) is 11.3 Å². The first-order chi connectivity index (χ1) is 10.3. The third-order valence-electron chi connectivity index (χ3n) is 3.07. The first-order valence-corrected chi connectivity index (χ1v) is 7.76. The molecule has 0 saturated carbocycles.